The molecule has 1 aliphatic heterocycles. The third kappa shape index (κ3) is 3.85. The van der Waals surface area contributed by atoms with Gasteiger partial charge >= 0.3 is 0 Å². The van der Waals surface area contributed by atoms with E-state index in [1.165, 1.54) is 12.1 Å². The number of rotatable bonds is 3. The molecule has 0 unspecified atom stereocenters. The molecule has 0 radical (unpaired) electrons. The summed E-state index contributed by atoms with van der Waals surface area (Å²) >= 11 is 5.81. The maximum atomic E-state index is 11.9. The van der Waals surface area contributed by atoms with Gasteiger partial charge < -0.3 is 9.47 Å². The molecule has 0 spiro atoms. The number of fused-ring (bicyclic) bond motifs is 1. The molecule has 2 amide bonds. The number of hydrogen-bond donors (Lipinski definition) is 2. The zero-order valence-corrected chi connectivity index (χ0v) is 13.2. The van der Waals surface area contributed by atoms with Gasteiger partial charge in [-0.3, -0.25) is 20.4 Å². The lowest BCUT2D eigenvalue weighted by Gasteiger charge is -2.05. The highest BCUT2D eigenvalue weighted by Crippen LogP contribution is 2.32. The Hall–Kier alpha value is -2.99. The van der Waals surface area contributed by atoms with E-state index in [2.05, 4.69) is 10.9 Å². The molecule has 7 heteroatoms. The van der Waals surface area contributed by atoms with Crippen LogP contribution in [0.1, 0.15) is 15.9 Å². The first-order valence-electron chi connectivity index (χ1n) is 7.05. The quantitative estimate of drug-likeness (QED) is 0.662. The molecule has 2 aromatic rings. The van der Waals surface area contributed by atoms with E-state index in [4.69, 9.17) is 21.1 Å². The van der Waals surface area contributed by atoms with Crippen molar-refractivity contribution in [1.82, 2.24) is 10.9 Å². The van der Waals surface area contributed by atoms with Gasteiger partial charge in [0.25, 0.3) is 11.8 Å². The number of carbonyl (C=O) groups is 2. The lowest BCUT2D eigenvalue weighted by atomic mass is 10.2. The van der Waals surface area contributed by atoms with Gasteiger partial charge in [-0.25, -0.2) is 0 Å². The van der Waals surface area contributed by atoms with Crippen molar-refractivity contribution < 1.29 is 19.1 Å². The second kappa shape index (κ2) is 7.06. The minimum atomic E-state index is -0.469. The fourth-order valence-electron chi connectivity index (χ4n) is 2.05. The third-order valence-electron chi connectivity index (χ3n) is 3.21. The molecule has 2 N–H and O–H groups in total. The van der Waals surface area contributed by atoms with Crippen molar-refractivity contribution in [3.05, 3.63) is 64.7 Å². The van der Waals surface area contributed by atoms with Crippen LogP contribution in [0.15, 0.2) is 48.5 Å². The predicted molar refractivity (Wildman–Crippen MR) is 88.7 cm³/mol. The molecule has 0 fully saturated rings. The molecule has 0 aliphatic carbocycles. The summed E-state index contributed by atoms with van der Waals surface area (Å²) < 4.78 is 10.5. The van der Waals surface area contributed by atoms with E-state index >= 15 is 0 Å². The van der Waals surface area contributed by atoms with Gasteiger partial charge in [-0.2, -0.15) is 0 Å². The molecule has 2 aromatic carbocycles. The van der Waals surface area contributed by atoms with Crippen LogP contribution in [0.4, 0.5) is 0 Å². The molecule has 1 heterocycles. The van der Waals surface area contributed by atoms with Gasteiger partial charge in [-0.1, -0.05) is 23.7 Å². The van der Waals surface area contributed by atoms with Crippen molar-refractivity contribution in [3.8, 4) is 11.5 Å². The Balaban J connectivity index is 1.55. The van der Waals surface area contributed by atoms with Gasteiger partial charge in [0.1, 0.15) is 0 Å². The highest BCUT2D eigenvalue weighted by molar-refractivity contribution is 6.30. The van der Waals surface area contributed by atoms with Gasteiger partial charge in [0.05, 0.1) is 0 Å². The second-order valence-electron chi connectivity index (χ2n) is 4.90. The van der Waals surface area contributed by atoms with Crippen LogP contribution >= 0.6 is 11.6 Å². The summed E-state index contributed by atoms with van der Waals surface area (Å²) in [5.74, 6) is 0.377. The lowest BCUT2D eigenvalue weighted by Crippen LogP contribution is -2.40. The average molecular weight is 345 g/mol. The lowest BCUT2D eigenvalue weighted by molar-refractivity contribution is -0.117. The molecule has 6 nitrogen and oxygen atoms in total. The van der Waals surface area contributed by atoms with E-state index in [1.807, 2.05) is 0 Å². The molecule has 0 bridgehead atoms. The largest absolute Gasteiger partial charge is 0.454 e. The van der Waals surface area contributed by atoms with Gasteiger partial charge in [-0.15, -0.1) is 0 Å². The van der Waals surface area contributed by atoms with E-state index in [9.17, 15) is 9.59 Å². The summed E-state index contributed by atoms with van der Waals surface area (Å²) in [6.07, 6.45) is 2.90. The number of carbonyl (C=O) groups excluding carboxylic acids is 2. The zero-order chi connectivity index (χ0) is 16.9. The minimum absolute atomic E-state index is 0.193. The van der Waals surface area contributed by atoms with E-state index in [0.717, 1.165) is 5.56 Å². The topological polar surface area (TPSA) is 76.7 Å². The summed E-state index contributed by atoms with van der Waals surface area (Å²) in [4.78, 5) is 23.6. The number of ether oxygens (including phenoxy) is 2. The first-order valence-corrected chi connectivity index (χ1v) is 7.43. The molecule has 0 saturated carbocycles. The molecular weight excluding hydrogens is 332 g/mol. The van der Waals surface area contributed by atoms with Crippen LogP contribution in [0.5, 0.6) is 11.5 Å². The summed E-state index contributed by atoms with van der Waals surface area (Å²) in [6.45, 7) is 0.193. The molecule has 3 rings (SSSR count). The highest BCUT2D eigenvalue weighted by Gasteiger charge is 2.12. The Morgan fingerprint density at radius 3 is 2.71 bits per heavy atom. The second-order valence-corrected chi connectivity index (χ2v) is 5.34. The van der Waals surface area contributed by atoms with Crippen LogP contribution in [0.2, 0.25) is 5.02 Å². The van der Waals surface area contributed by atoms with E-state index in [0.29, 0.717) is 22.1 Å². The number of benzene rings is 2. The van der Waals surface area contributed by atoms with Crippen LogP contribution in [-0.2, 0) is 4.79 Å². The summed E-state index contributed by atoms with van der Waals surface area (Å²) in [7, 11) is 0. The smallest absolute Gasteiger partial charge is 0.269 e. The Kier molecular flexibility index (Phi) is 4.67. The van der Waals surface area contributed by atoms with Crippen molar-refractivity contribution in [2.45, 2.75) is 0 Å². The fraction of sp³-hybridized carbons (Fsp3) is 0.0588. The first-order chi connectivity index (χ1) is 11.6. The normalized spacial score (nSPS) is 12.2. The molecule has 0 saturated heterocycles. The van der Waals surface area contributed by atoms with E-state index in [-0.39, 0.29) is 6.79 Å². The van der Waals surface area contributed by atoms with E-state index < -0.39 is 11.8 Å². The van der Waals surface area contributed by atoms with Crippen molar-refractivity contribution in [1.29, 1.82) is 0 Å². The Morgan fingerprint density at radius 1 is 1.04 bits per heavy atom. The SMILES string of the molecule is O=C(/C=C/c1ccc2c(c1)OCO2)NNC(=O)c1cccc(Cl)c1. The first kappa shape index (κ1) is 15.9. The van der Waals surface area contributed by atoms with Crippen LogP contribution < -0.4 is 20.3 Å². The average Bonchev–Trinajstić information content (AvgIpc) is 3.05. The van der Waals surface area contributed by atoms with Crippen molar-refractivity contribution in [2.24, 2.45) is 0 Å². The third-order valence-corrected chi connectivity index (χ3v) is 3.44. The maximum Gasteiger partial charge on any atom is 0.269 e. The van der Waals surface area contributed by atoms with Crippen LogP contribution in [-0.4, -0.2) is 18.6 Å². The summed E-state index contributed by atoms with van der Waals surface area (Å²) in [5, 5.41) is 0.441. The molecule has 0 atom stereocenters. The van der Waals surface area contributed by atoms with Crippen LogP contribution in [0, 0.1) is 0 Å². The van der Waals surface area contributed by atoms with Gasteiger partial charge in [0.15, 0.2) is 11.5 Å². The molecule has 0 aromatic heterocycles. The van der Waals surface area contributed by atoms with E-state index in [1.54, 1.807) is 42.5 Å². The standard InChI is InChI=1S/C17H13ClN2O4/c18-13-3-1-2-12(9-13)17(22)20-19-16(21)7-5-11-4-6-14-15(8-11)24-10-23-14/h1-9H,10H2,(H,19,21)(H,20,22)/b7-5+. The van der Waals surface area contributed by atoms with Crippen LogP contribution in [0.3, 0.4) is 0 Å². The predicted octanol–water partition coefficient (Wildman–Crippen LogP) is 2.54. The number of hydrazine groups is 1. The highest BCUT2D eigenvalue weighted by atomic mass is 35.5. The summed E-state index contributed by atoms with van der Waals surface area (Å²) in [5.41, 5.74) is 5.73. The molecule has 122 valence electrons. The summed E-state index contributed by atoms with van der Waals surface area (Å²) in [6, 6.07) is 11.7. The van der Waals surface area contributed by atoms with Crippen LogP contribution in [0.25, 0.3) is 6.08 Å². The minimum Gasteiger partial charge on any atom is -0.454 e. The Labute approximate surface area is 143 Å². The number of halogens is 1. The number of amides is 2. The van der Waals surface area contributed by atoms with Gasteiger partial charge in [0.2, 0.25) is 6.79 Å². The van der Waals surface area contributed by atoms with Crippen molar-refractivity contribution in [2.75, 3.05) is 6.79 Å². The number of hydrogen-bond acceptors (Lipinski definition) is 4. The Morgan fingerprint density at radius 2 is 1.88 bits per heavy atom. The van der Waals surface area contributed by atoms with Gasteiger partial charge in [0, 0.05) is 16.7 Å². The molecular formula is C17H13ClN2O4. The Bertz CT molecular complexity index is 820. The van der Waals surface area contributed by atoms with Gasteiger partial charge in [-0.05, 0) is 42.0 Å². The molecule has 1 aliphatic rings. The zero-order valence-electron chi connectivity index (χ0n) is 12.4. The van der Waals surface area contributed by atoms with Crippen molar-refractivity contribution in [3.63, 3.8) is 0 Å². The fourth-order valence-corrected chi connectivity index (χ4v) is 2.24. The van der Waals surface area contributed by atoms with Crippen molar-refractivity contribution >= 4 is 29.5 Å². The maximum absolute atomic E-state index is 11.9. The monoisotopic (exact) mass is 344 g/mol. The number of nitrogens with one attached hydrogen (secondary N) is 2. The molecule has 24 heavy (non-hydrogen) atoms.